The van der Waals surface area contributed by atoms with Crippen molar-refractivity contribution in [3.05, 3.63) is 82.6 Å². The normalized spacial score (nSPS) is 10.3. The highest BCUT2D eigenvalue weighted by Crippen LogP contribution is 2.25. The number of pyridine rings is 1. The summed E-state index contributed by atoms with van der Waals surface area (Å²) in [6, 6.07) is 17.4. The maximum Gasteiger partial charge on any atom is 0.257 e. The van der Waals surface area contributed by atoms with Crippen molar-refractivity contribution in [2.45, 2.75) is 13.3 Å². The van der Waals surface area contributed by atoms with Crippen molar-refractivity contribution >= 4 is 38.9 Å². The lowest BCUT2D eigenvalue weighted by Crippen LogP contribution is -2.13. The van der Waals surface area contributed by atoms with Gasteiger partial charge in [-0.2, -0.15) is 0 Å². The van der Waals surface area contributed by atoms with Gasteiger partial charge < -0.3 is 10.6 Å². The van der Waals surface area contributed by atoms with Gasteiger partial charge in [0.05, 0.1) is 23.1 Å². The first kappa shape index (κ1) is 17.2. The summed E-state index contributed by atoms with van der Waals surface area (Å²) in [6.45, 7) is 2.06. The number of aromatic nitrogens is 1. The zero-order valence-corrected chi connectivity index (χ0v) is 15.4. The third-order valence-corrected chi connectivity index (χ3v) is 4.49. The van der Waals surface area contributed by atoms with Crippen molar-refractivity contribution in [3.63, 3.8) is 0 Å². The van der Waals surface area contributed by atoms with Crippen LogP contribution in [0.15, 0.2) is 71.5 Å². The third kappa shape index (κ3) is 4.25. The highest BCUT2D eigenvalue weighted by Gasteiger charge is 2.10. The molecule has 126 valence electrons. The molecule has 0 aliphatic carbocycles. The Balaban J connectivity index is 1.79. The van der Waals surface area contributed by atoms with Crippen LogP contribution in [0.3, 0.4) is 0 Å². The number of benzene rings is 2. The lowest BCUT2D eigenvalue weighted by molar-refractivity contribution is 0.102. The van der Waals surface area contributed by atoms with Gasteiger partial charge in [-0.1, -0.05) is 37.3 Å². The van der Waals surface area contributed by atoms with Crippen LogP contribution in [0.5, 0.6) is 0 Å². The van der Waals surface area contributed by atoms with Crippen LogP contribution in [0.4, 0.5) is 17.1 Å². The van der Waals surface area contributed by atoms with E-state index in [1.807, 2.05) is 48.5 Å². The number of aryl methyl sites for hydroxylation is 1. The van der Waals surface area contributed by atoms with E-state index >= 15 is 0 Å². The summed E-state index contributed by atoms with van der Waals surface area (Å²) in [7, 11) is 0. The van der Waals surface area contributed by atoms with Crippen LogP contribution >= 0.6 is 15.9 Å². The highest BCUT2D eigenvalue weighted by atomic mass is 79.9. The minimum Gasteiger partial charge on any atom is -0.353 e. The highest BCUT2D eigenvalue weighted by molar-refractivity contribution is 9.10. The number of amides is 1. The Morgan fingerprint density at radius 3 is 2.52 bits per heavy atom. The summed E-state index contributed by atoms with van der Waals surface area (Å²) in [5.41, 5.74) is 4.11. The van der Waals surface area contributed by atoms with E-state index in [2.05, 4.69) is 38.5 Å². The third-order valence-electron chi connectivity index (χ3n) is 3.80. The molecule has 4 nitrogen and oxygen atoms in total. The van der Waals surface area contributed by atoms with Crippen LogP contribution in [0.1, 0.15) is 22.8 Å². The number of hydrogen-bond acceptors (Lipinski definition) is 3. The summed E-state index contributed by atoms with van der Waals surface area (Å²) in [4.78, 5) is 16.7. The number of nitrogens with zero attached hydrogens (tertiary/aromatic N) is 1. The molecule has 1 heterocycles. The van der Waals surface area contributed by atoms with Crippen molar-refractivity contribution < 1.29 is 4.79 Å². The molecule has 3 rings (SSSR count). The molecule has 0 saturated carbocycles. The van der Waals surface area contributed by atoms with Crippen LogP contribution < -0.4 is 10.6 Å². The average molecular weight is 396 g/mol. The van der Waals surface area contributed by atoms with Gasteiger partial charge in [0.1, 0.15) is 0 Å². The van der Waals surface area contributed by atoms with E-state index in [1.165, 1.54) is 0 Å². The molecule has 0 unspecified atom stereocenters. The van der Waals surface area contributed by atoms with E-state index in [0.717, 1.165) is 33.5 Å². The van der Waals surface area contributed by atoms with Gasteiger partial charge in [-0.15, -0.1) is 0 Å². The number of nitrogens with one attached hydrogen (secondary N) is 2. The van der Waals surface area contributed by atoms with E-state index in [4.69, 9.17) is 0 Å². The van der Waals surface area contributed by atoms with E-state index in [0.29, 0.717) is 5.56 Å². The van der Waals surface area contributed by atoms with E-state index < -0.39 is 0 Å². The Labute approximate surface area is 155 Å². The molecule has 0 aliphatic rings. The minimum atomic E-state index is -0.177. The maximum absolute atomic E-state index is 12.6. The minimum absolute atomic E-state index is 0.177. The predicted octanol–water partition coefficient (Wildman–Crippen LogP) is 5.40. The van der Waals surface area contributed by atoms with E-state index in [1.54, 1.807) is 18.5 Å². The molecule has 5 heteroatoms. The molecule has 0 radical (unpaired) electrons. The maximum atomic E-state index is 12.6. The van der Waals surface area contributed by atoms with Crippen LogP contribution in [-0.2, 0) is 6.42 Å². The summed E-state index contributed by atoms with van der Waals surface area (Å²) in [5, 5.41) is 6.23. The molecule has 0 fully saturated rings. The Bertz CT molecular complexity index is 895. The summed E-state index contributed by atoms with van der Waals surface area (Å²) < 4.78 is 0.946. The Morgan fingerprint density at radius 1 is 1.04 bits per heavy atom. The van der Waals surface area contributed by atoms with Crippen LogP contribution in [0.25, 0.3) is 0 Å². The SMILES string of the molecule is CCc1ccccc1NC(=O)c1cncc(Nc2ccccc2Br)c1. The summed E-state index contributed by atoms with van der Waals surface area (Å²) in [6.07, 6.45) is 4.11. The molecule has 1 aromatic heterocycles. The molecular weight excluding hydrogens is 378 g/mol. The summed E-state index contributed by atoms with van der Waals surface area (Å²) in [5.74, 6) is -0.177. The van der Waals surface area contributed by atoms with Crippen molar-refractivity contribution in [2.75, 3.05) is 10.6 Å². The molecule has 2 aromatic carbocycles. The first-order chi connectivity index (χ1) is 12.2. The Hall–Kier alpha value is -2.66. The number of carbonyl (C=O) groups is 1. The number of para-hydroxylation sites is 2. The molecule has 0 saturated heterocycles. The van der Waals surface area contributed by atoms with Gasteiger partial charge in [0.25, 0.3) is 5.91 Å². The summed E-state index contributed by atoms with van der Waals surface area (Å²) >= 11 is 3.50. The molecule has 0 aliphatic heterocycles. The van der Waals surface area contributed by atoms with E-state index in [-0.39, 0.29) is 5.91 Å². The lowest BCUT2D eigenvalue weighted by Gasteiger charge is -2.11. The number of hydrogen-bond donors (Lipinski definition) is 2. The van der Waals surface area contributed by atoms with Gasteiger partial charge >= 0.3 is 0 Å². The van der Waals surface area contributed by atoms with Gasteiger partial charge in [0, 0.05) is 16.4 Å². The van der Waals surface area contributed by atoms with Gasteiger partial charge in [0.15, 0.2) is 0 Å². The predicted molar refractivity (Wildman–Crippen MR) is 105 cm³/mol. The first-order valence-corrected chi connectivity index (χ1v) is 8.82. The number of carbonyl (C=O) groups excluding carboxylic acids is 1. The molecular formula is C20H18BrN3O. The zero-order chi connectivity index (χ0) is 17.6. The second-order valence-corrected chi connectivity index (χ2v) is 6.39. The average Bonchev–Trinajstić information content (AvgIpc) is 2.64. The van der Waals surface area contributed by atoms with Gasteiger partial charge in [-0.25, -0.2) is 0 Å². The smallest absolute Gasteiger partial charge is 0.257 e. The number of anilines is 3. The fourth-order valence-corrected chi connectivity index (χ4v) is 2.88. The van der Waals surface area contributed by atoms with Gasteiger partial charge in [-0.05, 0) is 52.2 Å². The molecule has 0 atom stereocenters. The van der Waals surface area contributed by atoms with E-state index in [9.17, 15) is 4.79 Å². The fourth-order valence-electron chi connectivity index (χ4n) is 2.50. The van der Waals surface area contributed by atoms with Crippen LogP contribution in [0.2, 0.25) is 0 Å². The van der Waals surface area contributed by atoms with Crippen LogP contribution in [0, 0.1) is 0 Å². The van der Waals surface area contributed by atoms with Crippen molar-refractivity contribution in [2.24, 2.45) is 0 Å². The molecule has 25 heavy (non-hydrogen) atoms. The molecule has 0 bridgehead atoms. The molecule has 3 aromatic rings. The van der Waals surface area contributed by atoms with Crippen LogP contribution in [-0.4, -0.2) is 10.9 Å². The fraction of sp³-hybridized carbons (Fsp3) is 0.100. The standard InChI is InChI=1S/C20H18BrN3O/c1-2-14-7-3-5-9-18(14)24-20(25)15-11-16(13-22-12-15)23-19-10-6-4-8-17(19)21/h3-13,23H,2H2,1H3,(H,24,25). The molecule has 2 N–H and O–H groups in total. The molecule has 0 spiro atoms. The quantitative estimate of drug-likeness (QED) is 0.607. The molecule has 1 amide bonds. The number of rotatable bonds is 5. The largest absolute Gasteiger partial charge is 0.353 e. The second-order valence-electron chi connectivity index (χ2n) is 5.53. The Morgan fingerprint density at radius 2 is 1.76 bits per heavy atom. The lowest BCUT2D eigenvalue weighted by atomic mass is 10.1. The van der Waals surface area contributed by atoms with Gasteiger partial charge in [0.2, 0.25) is 0 Å². The topological polar surface area (TPSA) is 54.0 Å². The number of halogens is 1. The van der Waals surface area contributed by atoms with Crippen molar-refractivity contribution in [1.82, 2.24) is 4.98 Å². The zero-order valence-electron chi connectivity index (χ0n) is 13.8. The van der Waals surface area contributed by atoms with Gasteiger partial charge in [-0.3, -0.25) is 9.78 Å². The van der Waals surface area contributed by atoms with Crippen molar-refractivity contribution in [1.29, 1.82) is 0 Å². The monoisotopic (exact) mass is 395 g/mol. The second kappa shape index (κ2) is 7.94. The first-order valence-electron chi connectivity index (χ1n) is 8.03. The Kier molecular flexibility index (Phi) is 5.46. The van der Waals surface area contributed by atoms with Crippen molar-refractivity contribution in [3.8, 4) is 0 Å².